The maximum atomic E-state index is 11.0. The van der Waals surface area contributed by atoms with Crippen LogP contribution >= 0.6 is 27.5 Å². The van der Waals surface area contributed by atoms with Crippen LogP contribution in [0.1, 0.15) is 11.4 Å². The second-order valence-corrected chi connectivity index (χ2v) is 5.15. The van der Waals surface area contributed by atoms with E-state index in [2.05, 4.69) is 25.9 Å². The number of hydrogen-bond donors (Lipinski definition) is 0. The van der Waals surface area contributed by atoms with E-state index in [-0.39, 0.29) is 22.5 Å². The van der Waals surface area contributed by atoms with E-state index in [1.54, 1.807) is 26.0 Å². The van der Waals surface area contributed by atoms with Crippen molar-refractivity contribution in [3.63, 3.8) is 0 Å². The van der Waals surface area contributed by atoms with Crippen LogP contribution in [0.5, 0.6) is 11.6 Å². The number of aromatic nitrogens is 2. The minimum absolute atomic E-state index is 0.0785. The molecule has 20 heavy (non-hydrogen) atoms. The van der Waals surface area contributed by atoms with E-state index in [4.69, 9.17) is 16.3 Å². The van der Waals surface area contributed by atoms with Gasteiger partial charge in [-0.3, -0.25) is 10.1 Å². The van der Waals surface area contributed by atoms with Crippen molar-refractivity contribution in [2.75, 3.05) is 0 Å². The summed E-state index contributed by atoms with van der Waals surface area (Å²) in [5.41, 5.74) is 0.355. The summed E-state index contributed by atoms with van der Waals surface area (Å²) in [6, 6.07) is 4.55. The molecule has 2 rings (SSSR count). The Bertz CT molecular complexity index is 694. The molecule has 0 saturated heterocycles. The van der Waals surface area contributed by atoms with Crippen molar-refractivity contribution in [2.24, 2.45) is 0 Å². The number of nitro benzene ring substituents is 1. The zero-order valence-electron chi connectivity index (χ0n) is 10.6. The van der Waals surface area contributed by atoms with Crippen molar-refractivity contribution in [2.45, 2.75) is 13.8 Å². The Balaban J connectivity index is 2.53. The average molecular weight is 359 g/mol. The summed E-state index contributed by atoms with van der Waals surface area (Å²) in [5.74, 6) is 0.692. The van der Waals surface area contributed by atoms with E-state index in [1.165, 1.54) is 6.07 Å². The molecule has 0 N–H and O–H groups in total. The lowest BCUT2D eigenvalue weighted by atomic mass is 10.3. The third-order valence-corrected chi connectivity index (χ3v) is 3.49. The van der Waals surface area contributed by atoms with E-state index < -0.39 is 4.92 Å². The van der Waals surface area contributed by atoms with Crippen LogP contribution in [0.15, 0.2) is 22.7 Å². The van der Waals surface area contributed by atoms with E-state index in [0.717, 1.165) is 0 Å². The van der Waals surface area contributed by atoms with Gasteiger partial charge in [0.1, 0.15) is 11.0 Å². The van der Waals surface area contributed by atoms with Crippen molar-refractivity contribution in [1.82, 2.24) is 9.97 Å². The molecular weight excluding hydrogens is 350 g/mol. The van der Waals surface area contributed by atoms with Gasteiger partial charge < -0.3 is 4.74 Å². The topological polar surface area (TPSA) is 78.2 Å². The van der Waals surface area contributed by atoms with Gasteiger partial charge in [0.15, 0.2) is 0 Å². The van der Waals surface area contributed by atoms with Crippen molar-refractivity contribution < 1.29 is 9.66 Å². The van der Waals surface area contributed by atoms with Gasteiger partial charge >= 0.3 is 5.69 Å². The Morgan fingerprint density at radius 2 is 2.05 bits per heavy atom. The fourth-order valence-electron chi connectivity index (χ4n) is 1.51. The minimum Gasteiger partial charge on any atom is -0.430 e. The Labute approximate surface area is 128 Å². The van der Waals surface area contributed by atoms with Gasteiger partial charge in [0, 0.05) is 11.6 Å². The fraction of sp³-hybridized carbons (Fsp3) is 0.167. The number of halogens is 2. The monoisotopic (exact) mass is 357 g/mol. The van der Waals surface area contributed by atoms with E-state index in [9.17, 15) is 10.1 Å². The predicted molar refractivity (Wildman–Crippen MR) is 77.4 cm³/mol. The number of rotatable bonds is 3. The van der Waals surface area contributed by atoms with Gasteiger partial charge in [-0.15, -0.1) is 0 Å². The number of nitro groups is 1. The molecule has 0 bridgehead atoms. The molecule has 104 valence electrons. The summed E-state index contributed by atoms with van der Waals surface area (Å²) in [6.07, 6.45) is 0. The van der Waals surface area contributed by atoms with Crippen LogP contribution in [-0.4, -0.2) is 14.9 Å². The van der Waals surface area contributed by atoms with E-state index in [0.29, 0.717) is 15.9 Å². The molecule has 6 nitrogen and oxygen atoms in total. The molecule has 0 spiro atoms. The highest BCUT2D eigenvalue weighted by Gasteiger charge is 2.21. The summed E-state index contributed by atoms with van der Waals surface area (Å²) in [4.78, 5) is 18.6. The summed E-state index contributed by atoms with van der Waals surface area (Å²) in [7, 11) is 0. The first-order chi connectivity index (χ1) is 9.40. The molecular formula is C12H9BrClN3O3. The SMILES string of the molecule is Cc1nc(Cl)c(C)c(Oc2c(Br)cccc2[N+](=O)[O-])n1. The third-order valence-electron chi connectivity index (χ3n) is 2.50. The molecule has 1 aromatic carbocycles. The summed E-state index contributed by atoms with van der Waals surface area (Å²) in [6.45, 7) is 3.34. The first-order valence-electron chi connectivity index (χ1n) is 5.51. The molecule has 0 aliphatic carbocycles. The minimum atomic E-state index is -0.523. The molecule has 0 saturated carbocycles. The largest absolute Gasteiger partial charge is 0.430 e. The number of ether oxygens (including phenoxy) is 1. The van der Waals surface area contributed by atoms with Crippen LogP contribution in [-0.2, 0) is 0 Å². The Kier molecular flexibility index (Phi) is 4.20. The fourth-order valence-corrected chi connectivity index (χ4v) is 2.15. The quantitative estimate of drug-likeness (QED) is 0.466. The average Bonchev–Trinajstić information content (AvgIpc) is 2.37. The second-order valence-electron chi connectivity index (χ2n) is 3.94. The Morgan fingerprint density at radius 3 is 2.70 bits per heavy atom. The van der Waals surface area contributed by atoms with Gasteiger partial charge in [0.2, 0.25) is 11.6 Å². The predicted octanol–water partition coefficient (Wildman–Crippen LogP) is 4.21. The number of benzene rings is 1. The standard InChI is InChI=1S/C12H9BrClN3O3/c1-6-11(14)15-7(2)16-12(6)20-10-8(13)4-3-5-9(10)17(18)19/h3-5H,1-2H3. The number of hydrogen-bond acceptors (Lipinski definition) is 5. The van der Waals surface area contributed by atoms with Gasteiger partial charge in [0.25, 0.3) is 0 Å². The summed E-state index contributed by atoms with van der Waals surface area (Å²) >= 11 is 9.18. The smallest absolute Gasteiger partial charge is 0.312 e. The molecule has 0 aliphatic rings. The third kappa shape index (κ3) is 2.88. The molecule has 0 radical (unpaired) electrons. The highest BCUT2D eigenvalue weighted by atomic mass is 79.9. The molecule has 2 aromatic rings. The van der Waals surface area contributed by atoms with Crippen molar-refractivity contribution >= 4 is 33.2 Å². The lowest BCUT2D eigenvalue weighted by Crippen LogP contribution is -2.00. The molecule has 1 aromatic heterocycles. The molecule has 0 amide bonds. The lowest BCUT2D eigenvalue weighted by molar-refractivity contribution is -0.385. The zero-order valence-corrected chi connectivity index (χ0v) is 12.9. The van der Waals surface area contributed by atoms with Crippen molar-refractivity contribution in [1.29, 1.82) is 0 Å². The summed E-state index contributed by atoms with van der Waals surface area (Å²) in [5, 5.41) is 11.3. The number of nitrogens with zero attached hydrogens (tertiary/aromatic N) is 3. The van der Waals surface area contributed by atoms with Gasteiger partial charge in [-0.1, -0.05) is 17.7 Å². The Morgan fingerprint density at radius 1 is 1.35 bits per heavy atom. The van der Waals surface area contributed by atoms with Crippen LogP contribution in [0.2, 0.25) is 5.15 Å². The maximum absolute atomic E-state index is 11.0. The van der Waals surface area contributed by atoms with Crippen molar-refractivity contribution in [3.8, 4) is 11.6 Å². The molecule has 1 heterocycles. The maximum Gasteiger partial charge on any atom is 0.312 e. The van der Waals surface area contributed by atoms with Gasteiger partial charge in [-0.25, -0.2) is 4.98 Å². The number of aryl methyl sites for hydroxylation is 1. The molecule has 0 aliphatic heterocycles. The van der Waals surface area contributed by atoms with Crippen LogP contribution in [0.4, 0.5) is 5.69 Å². The first kappa shape index (κ1) is 14.7. The highest BCUT2D eigenvalue weighted by molar-refractivity contribution is 9.10. The molecule has 0 atom stereocenters. The summed E-state index contributed by atoms with van der Waals surface area (Å²) < 4.78 is 6.03. The molecule has 0 unspecified atom stereocenters. The van der Waals surface area contributed by atoms with Gasteiger partial charge in [-0.2, -0.15) is 4.98 Å². The van der Waals surface area contributed by atoms with Crippen LogP contribution < -0.4 is 4.74 Å². The Hall–Kier alpha value is -1.73. The van der Waals surface area contributed by atoms with Crippen LogP contribution in [0.3, 0.4) is 0 Å². The van der Waals surface area contributed by atoms with Gasteiger partial charge in [0.05, 0.1) is 9.40 Å². The second kappa shape index (κ2) is 5.72. The highest BCUT2D eigenvalue weighted by Crippen LogP contribution is 2.38. The van der Waals surface area contributed by atoms with E-state index >= 15 is 0 Å². The van der Waals surface area contributed by atoms with Crippen LogP contribution in [0.25, 0.3) is 0 Å². The lowest BCUT2D eigenvalue weighted by Gasteiger charge is -2.10. The first-order valence-corrected chi connectivity index (χ1v) is 6.68. The van der Waals surface area contributed by atoms with E-state index in [1.807, 2.05) is 0 Å². The van der Waals surface area contributed by atoms with Crippen molar-refractivity contribution in [3.05, 3.63) is 49.3 Å². The molecule has 8 heteroatoms. The normalized spacial score (nSPS) is 10.4. The molecule has 0 fully saturated rings. The number of para-hydroxylation sites is 1. The van der Waals surface area contributed by atoms with Crippen LogP contribution in [0, 0.1) is 24.0 Å². The zero-order chi connectivity index (χ0) is 14.9. The van der Waals surface area contributed by atoms with Gasteiger partial charge in [-0.05, 0) is 35.8 Å².